The van der Waals surface area contributed by atoms with Crippen LogP contribution in [0.4, 0.5) is 0 Å². The molecule has 1 amide bonds. The van der Waals surface area contributed by atoms with Crippen LogP contribution in [0.25, 0.3) is 17.2 Å². The van der Waals surface area contributed by atoms with Crippen LogP contribution in [0.15, 0.2) is 66.7 Å². The van der Waals surface area contributed by atoms with Gasteiger partial charge in [-0.15, -0.1) is 10.2 Å². The van der Waals surface area contributed by atoms with E-state index in [1.54, 1.807) is 49.1 Å². The maximum Gasteiger partial charge on any atom is 0.299 e. The Kier molecular flexibility index (Phi) is 8.40. The molecule has 2 aromatic carbocycles. The fourth-order valence-electron chi connectivity index (χ4n) is 3.60. The molecule has 36 heavy (non-hydrogen) atoms. The second-order valence-electron chi connectivity index (χ2n) is 7.50. The number of hydrogen-bond acceptors (Lipinski definition) is 8. The normalized spacial score (nSPS) is 10.6. The quantitative estimate of drug-likeness (QED) is 0.237. The highest BCUT2D eigenvalue weighted by atomic mass is 32.2. The number of nitrogens with one attached hydrogen (secondary N) is 1. The average Bonchev–Trinajstić information content (AvgIpc) is 3.36. The number of benzene rings is 2. The van der Waals surface area contributed by atoms with Gasteiger partial charge in [0.15, 0.2) is 5.82 Å². The number of rotatable bonds is 11. The lowest BCUT2D eigenvalue weighted by Gasteiger charge is -2.17. The second kappa shape index (κ2) is 12.1. The van der Waals surface area contributed by atoms with Crippen molar-refractivity contribution < 1.29 is 19.0 Å². The first-order valence-corrected chi connectivity index (χ1v) is 12.4. The Morgan fingerprint density at radius 3 is 2.36 bits per heavy atom. The van der Waals surface area contributed by atoms with Gasteiger partial charge in [-0.2, -0.15) is 0 Å². The molecule has 10 heteroatoms. The van der Waals surface area contributed by atoms with Crippen LogP contribution in [0.5, 0.6) is 17.4 Å². The van der Waals surface area contributed by atoms with Crippen molar-refractivity contribution in [2.24, 2.45) is 0 Å². The standard InChI is InChI=1S/C26H27N5O4S/c1-4-35-22-15-8-12-19(27-22)24-28-29-25(26(32)30-36-17-16-18-10-6-5-7-11-18)31(24)23-20(33-2)13-9-14-21(23)34-3/h5-15H,4,16-17H2,1-3H3,(H,30,32). The molecule has 0 aliphatic heterocycles. The second-order valence-corrected chi connectivity index (χ2v) is 8.40. The van der Waals surface area contributed by atoms with Gasteiger partial charge in [-0.05, 0) is 49.1 Å². The molecule has 1 N–H and O–H groups in total. The molecule has 0 aliphatic carbocycles. The molecular weight excluding hydrogens is 478 g/mol. The molecule has 0 fully saturated rings. The molecule has 0 spiro atoms. The van der Waals surface area contributed by atoms with Crippen molar-refractivity contribution in [2.75, 3.05) is 26.6 Å². The van der Waals surface area contributed by atoms with Gasteiger partial charge in [-0.25, -0.2) is 4.98 Å². The Labute approximate surface area is 214 Å². The van der Waals surface area contributed by atoms with Gasteiger partial charge in [-0.3, -0.25) is 14.1 Å². The maximum atomic E-state index is 13.3. The summed E-state index contributed by atoms with van der Waals surface area (Å²) >= 11 is 1.31. The molecule has 0 radical (unpaired) electrons. The van der Waals surface area contributed by atoms with Gasteiger partial charge in [0.25, 0.3) is 5.91 Å². The number of ether oxygens (including phenoxy) is 3. The number of methoxy groups -OCH3 is 2. The van der Waals surface area contributed by atoms with Crippen LogP contribution in [0.1, 0.15) is 23.1 Å². The smallest absolute Gasteiger partial charge is 0.299 e. The molecule has 9 nitrogen and oxygen atoms in total. The first-order chi connectivity index (χ1) is 17.7. The highest BCUT2D eigenvalue weighted by Gasteiger charge is 2.26. The van der Waals surface area contributed by atoms with E-state index < -0.39 is 5.91 Å². The molecule has 186 valence electrons. The fourth-order valence-corrected chi connectivity index (χ4v) is 4.27. The minimum Gasteiger partial charge on any atom is -0.494 e. The number of hydrogen-bond donors (Lipinski definition) is 1. The molecular formula is C26H27N5O4S. The highest BCUT2D eigenvalue weighted by Crippen LogP contribution is 2.36. The minimum absolute atomic E-state index is 0.0728. The van der Waals surface area contributed by atoms with Crippen molar-refractivity contribution in [3.05, 3.63) is 78.1 Å². The molecule has 0 atom stereocenters. The summed E-state index contributed by atoms with van der Waals surface area (Å²) < 4.78 is 21.3. The number of aryl methyl sites for hydroxylation is 1. The van der Waals surface area contributed by atoms with E-state index in [-0.39, 0.29) is 5.82 Å². The zero-order chi connectivity index (χ0) is 25.3. The van der Waals surface area contributed by atoms with Crippen molar-refractivity contribution in [1.29, 1.82) is 0 Å². The predicted molar refractivity (Wildman–Crippen MR) is 139 cm³/mol. The lowest BCUT2D eigenvalue weighted by Crippen LogP contribution is -2.22. The van der Waals surface area contributed by atoms with Gasteiger partial charge in [0, 0.05) is 11.8 Å². The van der Waals surface area contributed by atoms with Crippen LogP contribution in [0.2, 0.25) is 0 Å². The number of carbonyl (C=O) groups excluding carboxylic acids is 1. The van der Waals surface area contributed by atoms with Gasteiger partial charge in [0.1, 0.15) is 22.9 Å². The van der Waals surface area contributed by atoms with E-state index in [0.717, 1.165) is 6.42 Å². The summed E-state index contributed by atoms with van der Waals surface area (Å²) in [7, 11) is 3.10. The molecule has 0 unspecified atom stereocenters. The molecule has 0 saturated heterocycles. The van der Waals surface area contributed by atoms with E-state index in [0.29, 0.717) is 46.9 Å². The molecule has 4 rings (SSSR count). The summed E-state index contributed by atoms with van der Waals surface area (Å²) in [6.07, 6.45) is 0.818. The van der Waals surface area contributed by atoms with Gasteiger partial charge in [-0.1, -0.05) is 42.5 Å². The Morgan fingerprint density at radius 2 is 1.67 bits per heavy atom. The van der Waals surface area contributed by atoms with E-state index in [2.05, 4.69) is 32.0 Å². The number of carbonyl (C=O) groups is 1. The van der Waals surface area contributed by atoms with E-state index in [1.807, 2.05) is 31.2 Å². The van der Waals surface area contributed by atoms with Crippen LogP contribution in [-0.2, 0) is 6.42 Å². The Bertz CT molecular complexity index is 1290. The van der Waals surface area contributed by atoms with Gasteiger partial charge >= 0.3 is 0 Å². The van der Waals surface area contributed by atoms with Gasteiger partial charge < -0.3 is 14.2 Å². The highest BCUT2D eigenvalue weighted by molar-refractivity contribution is 7.97. The molecule has 0 aliphatic rings. The Hall–Kier alpha value is -4.05. The van der Waals surface area contributed by atoms with E-state index in [1.165, 1.54) is 17.5 Å². The Balaban J connectivity index is 1.70. The van der Waals surface area contributed by atoms with E-state index >= 15 is 0 Å². The lowest BCUT2D eigenvalue weighted by atomic mass is 10.2. The first-order valence-electron chi connectivity index (χ1n) is 11.4. The Morgan fingerprint density at radius 1 is 0.944 bits per heavy atom. The number of amides is 1. The fraction of sp³-hybridized carbons (Fsp3) is 0.231. The van der Waals surface area contributed by atoms with Crippen molar-refractivity contribution in [1.82, 2.24) is 24.5 Å². The molecule has 0 saturated carbocycles. The third-order valence-electron chi connectivity index (χ3n) is 5.24. The first kappa shape index (κ1) is 25.1. The van der Waals surface area contributed by atoms with Crippen LogP contribution in [0, 0.1) is 0 Å². The number of para-hydroxylation sites is 1. The summed E-state index contributed by atoms with van der Waals surface area (Å²) in [5.41, 5.74) is 2.17. The third kappa shape index (κ3) is 5.60. The zero-order valence-corrected chi connectivity index (χ0v) is 21.1. The monoisotopic (exact) mass is 505 g/mol. The number of pyridine rings is 1. The zero-order valence-electron chi connectivity index (χ0n) is 20.3. The van der Waals surface area contributed by atoms with Gasteiger partial charge in [0.2, 0.25) is 11.7 Å². The third-order valence-corrected chi connectivity index (χ3v) is 5.97. The topological polar surface area (TPSA) is 100 Å². The molecule has 2 aromatic heterocycles. The van der Waals surface area contributed by atoms with Crippen molar-refractivity contribution in [2.45, 2.75) is 13.3 Å². The summed E-state index contributed by atoms with van der Waals surface area (Å²) in [6.45, 7) is 2.35. The summed E-state index contributed by atoms with van der Waals surface area (Å²) in [6, 6.07) is 20.8. The summed E-state index contributed by atoms with van der Waals surface area (Å²) in [4.78, 5) is 17.8. The van der Waals surface area contributed by atoms with Crippen LogP contribution >= 0.6 is 11.9 Å². The SMILES string of the molecule is CCOc1cccc(-c2nnc(C(=O)NSCCc3ccccc3)n2-c2c(OC)cccc2OC)n1. The molecule has 0 bridgehead atoms. The van der Waals surface area contributed by atoms with Gasteiger partial charge in [0.05, 0.1) is 20.8 Å². The summed E-state index contributed by atoms with van der Waals surface area (Å²) in [5.74, 6) is 2.14. The number of nitrogens with zero attached hydrogens (tertiary/aromatic N) is 4. The molecule has 4 aromatic rings. The maximum absolute atomic E-state index is 13.3. The van der Waals surface area contributed by atoms with Crippen LogP contribution in [0.3, 0.4) is 0 Å². The minimum atomic E-state index is -0.402. The molecule has 2 heterocycles. The van der Waals surface area contributed by atoms with Crippen LogP contribution in [-0.4, -0.2) is 52.2 Å². The van der Waals surface area contributed by atoms with E-state index in [4.69, 9.17) is 14.2 Å². The van der Waals surface area contributed by atoms with E-state index in [9.17, 15) is 4.79 Å². The van der Waals surface area contributed by atoms with Crippen molar-refractivity contribution in [3.63, 3.8) is 0 Å². The lowest BCUT2D eigenvalue weighted by molar-refractivity contribution is 0.0972. The number of aromatic nitrogens is 4. The van der Waals surface area contributed by atoms with Crippen molar-refractivity contribution in [3.8, 4) is 34.6 Å². The van der Waals surface area contributed by atoms with Crippen LogP contribution < -0.4 is 18.9 Å². The average molecular weight is 506 g/mol. The summed E-state index contributed by atoms with van der Waals surface area (Å²) in [5, 5.41) is 8.55. The largest absolute Gasteiger partial charge is 0.494 e. The van der Waals surface area contributed by atoms with Crippen molar-refractivity contribution >= 4 is 17.9 Å². The predicted octanol–water partition coefficient (Wildman–Crippen LogP) is 4.37.